The average Bonchev–Trinajstić information content (AvgIpc) is 2.74. The second kappa shape index (κ2) is 5.64. The van der Waals surface area contributed by atoms with Gasteiger partial charge in [0.15, 0.2) is 0 Å². The second-order valence-corrected chi connectivity index (χ2v) is 5.83. The summed E-state index contributed by atoms with van der Waals surface area (Å²) in [4.78, 5) is 13.9. The zero-order valence-corrected chi connectivity index (χ0v) is 12.1. The molecule has 0 N–H and O–H groups in total. The summed E-state index contributed by atoms with van der Waals surface area (Å²) < 4.78 is 5.39. The number of ether oxygens (including phenoxy) is 1. The normalized spacial score (nSPS) is 26.5. The van der Waals surface area contributed by atoms with Gasteiger partial charge in [-0.25, -0.2) is 4.79 Å². The number of nitrogens with zero attached hydrogens (tertiary/aromatic N) is 1. The Morgan fingerprint density at radius 1 is 1.42 bits per heavy atom. The standard InChI is InChI=1S/C16H23NO2/c1-4-16(3)12-17(10-13(16)2)15(18)19-11-14-8-6-5-7-9-14/h5-9,13H,4,10-12H2,1-3H3/t13-,16-/m1/s1. The zero-order chi connectivity index (χ0) is 13.9. The highest BCUT2D eigenvalue weighted by atomic mass is 16.6. The molecule has 2 rings (SSSR count). The van der Waals surface area contributed by atoms with Crippen LogP contribution in [0.4, 0.5) is 4.79 Å². The fourth-order valence-electron chi connectivity index (χ4n) is 2.62. The molecular weight excluding hydrogens is 238 g/mol. The van der Waals surface area contributed by atoms with E-state index in [2.05, 4.69) is 20.8 Å². The van der Waals surface area contributed by atoms with Gasteiger partial charge < -0.3 is 9.64 Å². The van der Waals surface area contributed by atoms with Gasteiger partial charge in [-0.15, -0.1) is 0 Å². The van der Waals surface area contributed by atoms with Crippen LogP contribution in [0.2, 0.25) is 0 Å². The number of hydrogen-bond acceptors (Lipinski definition) is 2. The molecule has 1 aliphatic heterocycles. The number of benzene rings is 1. The molecule has 3 nitrogen and oxygen atoms in total. The summed E-state index contributed by atoms with van der Waals surface area (Å²) in [6.07, 6.45) is 0.907. The van der Waals surface area contributed by atoms with Gasteiger partial charge in [-0.05, 0) is 23.3 Å². The molecule has 0 saturated carbocycles. The van der Waals surface area contributed by atoms with Gasteiger partial charge in [-0.1, -0.05) is 51.1 Å². The zero-order valence-electron chi connectivity index (χ0n) is 12.1. The van der Waals surface area contributed by atoms with E-state index in [1.807, 2.05) is 35.2 Å². The maximum absolute atomic E-state index is 12.1. The van der Waals surface area contributed by atoms with Crippen LogP contribution in [0.1, 0.15) is 32.8 Å². The summed E-state index contributed by atoms with van der Waals surface area (Å²) in [5.74, 6) is 0.529. The predicted octanol–water partition coefficient (Wildman–Crippen LogP) is 3.69. The third kappa shape index (κ3) is 3.09. The van der Waals surface area contributed by atoms with Crippen LogP contribution < -0.4 is 0 Å². The van der Waals surface area contributed by atoms with E-state index in [-0.39, 0.29) is 11.5 Å². The van der Waals surface area contributed by atoms with Crippen LogP contribution in [-0.4, -0.2) is 24.1 Å². The van der Waals surface area contributed by atoms with Crippen LogP contribution in [0.25, 0.3) is 0 Å². The van der Waals surface area contributed by atoms with Gasteiger partial charge in [0.2, 0.25) is 0 Å². The van der Waals surface area contributed by atoms with Crippen molar-refractivity contribution >= 4 is 6.09 Å². The monoisotopic (exact) mass is 261 g/mol. The largest absolute Gasteiger partial charge is 0.445 e. The maximum atomic E-state index is 12.1. The van der Waals surface area contributed by atoms with Crippen molar-refractivity contribution < 1.29 is 9.53 Å². The predicted molar refractivity (Wildman–Crippen MR) is 75.8 cm³/mol. The quantitative estimate of drug-likeness (QED) is 0.830. The number of rotatable bonds is 3. The lowest BCUT2D eigenvalue weighted by Gasteiger charge is -2.26. The molecule has 0 aliphatic carbocycles. The molecule has 1 heterocycles. The lowest BCUT2D eigenvalue weighted by molar-refractivity contribution is 0.100. The van der Waals surface area contributed by atoms with Crippen LogP contribution in [0.3, 0.4) is 0 Å². The Labute approximate surface area is 115 Å². The van der Waals surface area contributed by atoms with Gasteiger partial charge in [0.05, 0.1) is 0 Å². The highest BCUT2D eigenvalue weighted by Gasteiger charge is 2.41. The molecule has 1 amide bonds. The summed E-state index contributed by atoms with van der Waals surface area (Å²) in [5, 5.41) is 0. The second-order valence-electron chi connectivity index (χ2n) is 5.83. The first-order valence-electron chi connectivity index (χ1n) is 7.01. The van der Waals surface area contributed by atoms with Crippen molar-refractivity contribution in [2.75, 3.05) is 13.1 Å². The third-order valence-corrected chi connectivity index (χ3v) is 4.51. The van der Waals surface area contributed by atoms with Gasteiger partial charge in [0.1, 0.15) is 6.61 Å². The molecule has 2 atom stereocenters. The summed E-state index contributed by atoms with van der Waals surface area (Å²) in [5.41, 5.74) is 1.26. The smallest absolute Gasteiger partial charge is 0.410 e. The molecular formula is C16H23NO2. The van der Waals surface area contributed by atoms with Crippen molar-refractivity contribution in [3.63, 3.8) is 0 Å². The number of likely N-dealkylation sites (tertiary alicyclic amines) is 1. The van der Waals surface area contributed by atoms with Gasteiger partial charge in [0, 0.05) is 13.1 Å². The van der Waals surface area contributed by atoms with Crippen molar-refractivity contribution in [2.24, 2.45) is 11.3 Å². The Bertz CT molecular complexity index is 432. The minimum Gasteiger partial charge on any atom is -0.445 e. The van der Waals surface area contributed by atoms with E-state index < -0.39 is 0 Å². The van der Waals surface area contributed by atoms with Gasteiger partial charge in [0.25, 0.3) is 0 Å². The molecule has 0 bridgehead atoms. The van der Waals surface area contributed by atoms with E-state index in [4.69, 9.17) is 4.74 Å². The van der Waals surface area contributed by atoms with Gasteiger partial charge in [-0.3, -0.25) is 0 Å². The van der Waals surface area contributed by atoms with Crippen molar-refractivity contribution in [3.8, 4) is 0 Å². The first kappa shape index (κ1) is 13.9. The SMILES string of the molecule is CC[C@]1(C)CN(C(=O)OCc2ccccc2)C[C@H]1C. The first-order valence-corrected chi connectivity index (χ1v) is 7.01. The minimum absolute atomic E-state index is 0.187. The van der Waals surface area contributed by atoms with Crippen molar-refractivity contribution in [3.05, 3.63) is 35.9 Å². The molecule has 0 spiro atoms. The van der Waals surface area contributed by atoms with Crippen molar-refractivity contribution in [1.29, 1.82) is 0 Å². The molecule has 1 aromatic rings. The summed E-state index contributed by atoms with van der Waals surface area (Å²) in [6.45, 7) is 8.62. The third-order valence-electron chi connectivity index (χ3n) is 4.51. The van der Waals surface area contributed by atoms with Crippen LogP contribution in [0.5, 0.6) is 0 Å². The number of amides is 1. The molecule has 0 aromatic heterocycles. The van der Waals surface area contributed by atoms with Crippen LogP contribution in [0, 0.1) is 11.3 Å². The van der Waals surface area contributed by atoms with E-state index in [1.54, 1.807) is 0 Å². The van der Waals surface area contributed by atoms with Gasteiger partial charge in [-0.2, -0.15) is 0 Å². The Morgan fingerprint density at radius 2 is 2.11 bits per heavy atom. The molecule has 1 aromatic carbocycles. The lowest BCUT2D eigenvalue weighted by atomic mass is 9.79. The Kier molecular flexibility index (Phi) is 4.13. The molecule has 1 saturated heterocycles. The van der Waals surface area contributed by atoms with E-state index in [9.17, 15) is 4.79 Å². The number of carbonyl (C=O) groups is 1. The van der Waals surface area contributed by atoms with E-state index in [0.717, 1.165) is 25.1 Å². The topological polar surface area (TPSA) is 29.5 Å². The summed E-state index contributed by atoms with van der Waals surface area (Å²) in [7, 11) is 0. The Morgan fingerprint density at radius 3 is 2.68 bits per heavy atom. The van der Waals surface area contributed by atoms with Crippen molar-refractivity contribution in [2.45, 2.75) is 33.8 Å². The van der Waals surface area contributed by atoms with E-state index in [0.29, 0.717) is 12.5 Å². The van der Waals surface area contributed by atoms with E-state index in [1.165, 1.54) is 0 Å². The molecule has 0 radical (unpaired) electrons. The molecule has 3 heteroatoms. The highest BCUT2D eigenvalue weighted by Crippen LogP contribution is 2.38. The highest BCUT2D eigenvalue weighted by molar-refractivity contribution is 5.68. The van der Waals surface area contributed by atoms with Crippen LogP contribution in [-0.2, 0) is 11.3 Å². The van der Waals surface area contributed by atoms with Crippen LogP contribution in [0.15, 0.2) is 30.3 Å². The van der Waals surface area contributed by atoms with E-state index >= 15 is 0 Å². The van der Waals surface area contributed by atoms with Crippen LogP contribution >= 0.6 is 0 Å². The Hall–Kier alpha value is -1.51. The molecule has 1 fully saturated rings. The molecule has 104 valence electrons. The fourth-order valence-corrected chi connectivity index (χ4v) is 2.62. The fraction of sp³-hybridized carbons (Fsp3) is 0.562. The summed E-state index contributed by atoms with van der Waals surface area (Å²) in [6, 6.07) is 9.80. The molecule has 0 unspecified atom stereocenters. The first-order chi connectivity index (χ1) is 9.05. The maximum Gasteiger partial charge on any atom is 0.410 e. The molecule has 19 heavy (non-hydrogen) atoms. The van der Waals surface area contributed by atoms with Gasteiger partial charge >= 0.3 is 6.09 Å². The number of hydrogen-bond donors (Lipinski definition) is 0. The van der Waals surface area contributed by atoms with Crippen molar-refractivity contribution in [1.82, 2.24) is 4.90 Å². The summed E-state index contributed by atoms with van der Waals surface area (Å²) >= 11 is 0. The lowest BCUT2D eigenvalue weighted by Crippen LogP contribution is -2.31. The minimum atomic E-state index is -0.187. The average molecular weight is 261 g/mol. The number of carbonyl (C=O) groups excluding carboxylic acids is 1. The molecule has 1 aliphatic rings. The Balaban J connectivity index is 1.88.